The lowest BCUT2D eigenvalue weighted by atomic mass is 10.1. The number of hydrogen-bond acceptors (Lipinski definition) is 4. The van der Waals surface area contributed by atoms with E-state index in [1.165, 1.54) is 0 Å². The van der Waals surface area contributed by atoms with Crippen molar-refractivity contribution >= 4 is 5.91 Å². The van der Waals surface area contributed by atoms with Crippen molar-refractivity contribution in [3.8, 4) is 16.9 Å². The highest BCUT2D eigenvalue weighted by molar-refractivity contribution is 5.94. The van der Waals surface area contributed by atoms with Crippen LogP contribution < -0.4 is 5.32 Å². The Morgan fingerprint density at radius 2 is 1.81 bits per heavy atom. The zero-order chi connectivity index (χ0) is 17.8. The van der Waals surface area contributed by atoms with Crippen LogP contribution in [0.3, 0.4) is 0 Å². The summed E-state index contributed by atoms with van der Waals surface area (Å²) in [5, 5.41) is 2.89. The zero-order valence-electron chi connectivity index (χ0n) is 13.9. The van der Waals surface area contributed by atoms with Crippen LogP contribution in [0.15, 0.2) is 84.2 Å². The first kappa shape index (κ1) is 15.8. The third-order valence-corrected chi connectivity index (χ3v) is 4.02. The molecule has 4 aromatic rings. The normalized spacial score (nSPS) is 10.6. The van der Waals surface area contributed by atoms with E-state index in [4.69, 9.17) is 4.42 Å². The summed E-state index contributed by atoms with van der Waals surface area (Å²) in [6.45, 7) is 0.284. The molecule has 26 heavy (non-hydrogen) atoms. The lowest BCUT2D eigenvalue weighted by Gasteiger charge is -2.09. The van der Waals surface area contributed by atoms with E-state index in [0.717, 1.165) is 11.3 Å². The number of benzene rings is 1. The van der Waals surface area contributed by atoms with E-state index in [0.29, 0.717) is 17.0 Å². The minimum atomic E-state index is -0.159. The molecule has 0 bridgehead atoms. The third-order valence-electron chi connectivity index (χ3n) is 4.02. The minimum absolute atomic E-state index is 0.159. The molecule has 0 spiro atoms. The highest BCUT2D eigenvalue weighted by Gasteiger charge is 2.11. The molecule has 0 aliphatic rings. The van der Waals surface area contributed by atoms with E-state index in [-0.39, 0.29) is 12.5 Å². The van der Waals surface area contributed by atoms with E-state index < -0.39 is 0 Å². The van der Waals surface area contributed by atoms with Crippen LogP contribution in [0.2, 0.25) is 0 Å². The lowest BCUT2D eigenvalue weighted by molar-refractivity contribution is 0.0950. The summed E-state index contributed by atoms with van der Waals surface area (Å²) in [7, 11) is 0. The van der Waals surface area contributed by atoms with E-state index in [2.05, 4.69) is 15.3 Å². The Morgan fingerprint density at radius 3 is 2.54 bits per heavy atom. The van der Waals surface area contributed by atoms with Crippen molar-refractivity contribution in [2.75, 3.05) is 0 Å². The molecule has 0 saturated heterocycles. The molecule has 0 unspecified atom stereocenters. The van der Waals surface area contributed by atoms with Crippen LogP contribution in [0, 0.1) is 0 Å². The highest BCUT2D eigenvalue weighted by Crippen LogP contribution is 2.20. The standard InChI is InChI=1S/C20H16N4O2/c25-20(15-3-5-17(6-4-15)24-10-1-2-11-24)23-13-18-19(22-9-8-21-18)16-7-12-26-14-16/h1-12,14H,13H2,(H,23,25). The maximum absolute atomic E-state index is 12.4. The first-order chi connectivity index (χ1) is 12.8. The topological polar surface area (TPSA) is 73.0 Å². The van der Waals surface area contributed by atoms with Gasteiger partial charge in [-0.25, -0.2) is 0 Å². The van der Waals surface area contributed by atoms with Gasteiger partial charge in [0.15, 0.2) is 0 Å². The van der Waals surface area contributed by atoms with Gasteiger partial charge in [0.2, 0.25) is 0 Å². The monoisotopic (exact) mass is 344 g/mol. The molecule has 0 atom stereocenters. The maximum atomic E-state index is 12.4. The molecule has 0 saturated carbocycles. The predicted molar refractivity (Wildman–Crippen MR) is 96.7 cm³/mol. The SMILES string of the molecule is O=C(NCc1nccnc1-c1ccoc1)c1ccc(-n2cccc2)cc1. The molecule has 3 heterocycles. The molecule has 128 valence electrons. The Kier molecular flexibility index (Phi) is 4.30. The number of carbonyl (C=O) groups excluding carboxylic acids is 1. The van der Waals surface area contributed by atoms with Crippen LogP contribution >= 0.6 is 0 Å². The fourth-order valence-corrected chi connectivity index (χ4v) is 2.69. The number of nitrogens with zero attached hydrogens (tertiary/aromatic N) is 3. The van der Waals surface area contributed by atoms with Gasteiger partial charge in [0.05, 0.1) is 30.5 Å². The molecule has 0 aliphatic carbocycles. The summed E-state index contributed by atoms with van der Waals surface area (Å²) in [5.74, 6) is -0.159. The van der Waals surface area contributed by atoms with Crippen molar-refractivity contribution in [1.29, 1.82) is 0 Å². The molecule has 6 nitrogen and oxygen atoms in total. The van der Waals surface area contributed by atoms with Gasteiger partial charge in [-0.15, -0.1) is 0 Å². The Bertz CT molecular complexity index is 991. The second-order valence-electron chi connectivity index (χ2n) is 5.68. The van der Waals surface area contributed by atoms with Gasteiger partial charge in [-0.05, 0) is 42.5 Å². The van der Waals surface area contributed by atoms with Gasteiger partial charge < -0.3 is 14.3 Å². The average molecular weight is 344 g/mol. The predicted octanol–water partition coefficient (Wildman–Crippen LogP) is 3.46. The second kappa shape index (κ2) is 7.06. The van der Waals surface area contributed by atoms with Crippen LogP contribution in [-0.4, -0.2) is 20.4 Å². The van der Waals surface area contributed by atoms with Crippen molar-refractivity contribution in [2.45, 2.75) is 6.54 Å². The molecule has 1 aromatic carbocycles. The summed E-state index contributed by atoms with van der Waals surface area (Å²) < 4.78 is 7.09. The average Bonchev–Trinajstić information content (AvgIpc) is 3.40. The minimum Gasteiger partial charge on any atom is -0.472 e. The van der Waals surface area contributed by atoms with Gasteiger partial charge in [-0.3, -0.25) is 14.8 Å². The molecule has 6 heteroatoms. The number of amides is 1. The number of hydrogen-bond donors (Lipinski definition) is 1. The lowest BCUT2D eigenvalue weighted by Crippen LogP contribution is -2.23. The number of rotatable bonds is 5. The Labute approximate surface area is 150 Å². The molecule has 1 N–H and O–H groups in total. The summed E-state index contributed by atoms with van der Waals surface area (Å²) in [6, 6.07) is 13.2. The largest absolute Gasteiger partial charge is 0.472 e. The smallest absolute Gasteiger partial charge is 0.251 e. The van der Waals surface area contributed by atoms with E-state index >= 15 is 0 Å². The van der Waals surface area contributed by atoms with Gasteiger partial charge in [-0.2, -0.15) is 0 Å². The van der Waals surface area contributed by atoms with Crippen molar-refractivity contribution in [3.63, 3.8) is 0 Å². The Hall–Kier alpha value is -3.67. The number of nitrogens with one attached hydrogen (secondary N) is 1. The molecule has 4 rings (SSSR count). The summed E-state index contributed by atoms with van der Waals surface area (Å²) in [5.41, 5.74) is 3.81. The maximum Gasteiger partial charge on any atom is 0.251 e. The van der Waals surface area contributed by atoms with Crippen molar-refractivity contribution < 1.29 is 9.21 Å². The molecule has 3 aromatic heterocycles. The molecular formula is C20H16N4O2. The van der Waals surface area contributed by atoms with Gasteiger partial charge in [0, 0.05) is 41.6 Å². The van der Waals surface area contributed by atoms with Crippen molar-refractivity contribution in [1.82, 2.24) is 19.9 Å². The molecule has 0 radical (unpaired) electrons. The number of furan rings is 1. The molecule has 0 aliphatic heterocycles. The Morgan fingerprint density at radius 1 is 1.04 bits per heavy atom. The van der Waals surface area contributed by atoms with Gasteiger partial charge in [0.1, 0.15) is 0 Å². The van der Waals surface area contributed by atoms with E-state index in [1.54, 1.807) is 37.1 Å². The fraction of sp³-hybridized carbons (Fsp3) is 0.0500. The number of aromatic nitrogens is 3. The zero-order valence-corrected chi connectivity index (χ0v) is 13.9. The van der Waals surface area contributed by atoms with Gasteiger partial charge in [-0.1, -0.05) is 0 Å². The fourth-order valence-electron chi connectivity index (χ4n) is 2.69. The molecular weight excluding hydrogens is 328 g/mol. The van der Waals surface area contributed by atoms with E-state index in [9.17, 15) is 4.79 Å². The molecule has 0 fully saturated rings. The summed E-state index contributed by atoms with van der Waals surface area (Å²) in [6.07, 6.45) is 10.3. The van der Waals surface area contributed by atoms with Crippen LogP contribution in [-0.2, 0) is 6.54 Å². The number of carbonyl (C=O) groups is 1. The van der Waals surface area contributed by atoms with Crippen LogP contribution in [0.1, 0.15) is 16.1 Å². The highest BCUT2D eigenvalue weighted by atomic mass is 16.3. The molecule has 1 amide bonds. The van der Waals surface area contributed by atoms with Gasteiger partial charge >= 0.3 is 0 Å². The summed E-state index contributed by atoms with van der Waals surface area (Å²) >= 11 is 0. The van der Waals surface area contributed by atoms with Crippen molar-refractivity contribution in [3.05, 3.63) is 91.0 Å². The second-order valence-corrected chi connectivity index (χ2v) is 5.68. The van der Waals surface area contributed by atoms with Crippen LogP contribution in [0.4, 0.5) is 0 Å². The van der Waals surface area contributed by atoms with Crippen LogP contribution in [0.5, 0.6) is 0 Å². The summed E-state index contributed by atoms with van der Waals surface area (Å²) in [4.78, 5) is 21.1. The quantitative estimate of drug-likeness (QED) is 0.602. The third kappa shape index (κ3) is 3.25. The van der Waals surface area contributed by atoms with Crippen LogP contribution in [0.25, 0.3) is 16.9 Å². The van der Waals surface area contributed by atoms with Gasteiger partial charge in [0.25, 0.3) is 5.91 Å². The Balaban J connectivity index is 1.46. The van der Waals surface area contributed by atoms with E-state index in [1.807, 2.05) is 47.3 Å². The first-order valence-corrected chi connectivity index (χ1v) is 8.15. The van der Waals surface area contributed by atoms with Crippen molar-refractivity contribution in [2.24, 2.45) is 0 Å². The first-order valence-electron chi connectivity index (χ1n) is 8.15.